The van der Waals surface area contributed by atoms with E-state index in [1.165, 1.54) is 0 Å². The fraction of sp³-hybridized carbons (Fsp3) is 0.538. The maximum Gasteiger partial charge on any atom is 0.223 e. The highest BCUT2D eigenvalue weighted by molar-refractivity contribution is 5.76. The highest BCUT2D eigenvalue weighted by Crippen LogP contribution is 2.02. The number of hydrogen-bond donors (Lipinski definition) is 1. The van der Waals surface area contributed by atoms with Crippen LogP contribution in [-0.4, -0.2) is 35.4 Å². The van der Waals surface area contributed by atoms with Gasteiger partial charge in [0.05, 0.1) is 0 Å². The first-order valence-electron chi connectivity index (χ1n) is 5.96. The highest BCUT2D eigenvalue weighted by Gasteiger charge is 2.08. The maximum absolute atomic E-state index is 11.8. The van der Waals surface area contributed by atoms with Crippen LogP contribution < -0.4 is 5.32 Å². The molecule has 0 spiro atoms. The number of aromatic nitrogens is 1. The predicted octanol–water partition coefficient (Wildman–Crippen LogP) is 1.43. The first-order valence-corrected chi connectivity index (χ1v) is 5.96. The third kappa shape index (κ3) is 5.45. The Bertz CT molecular complexity index is 338. The summed E-state index contributed by atoms with van der Waals surface area (Å²) in [5.74, 6) is 0.162. The lowest BCUT2D eigenvalue weighted by Gasteiger charge is -2.17. The van der Waals surface area contributed by atoms with Crippen molar-refractivity contribution in [3.8, 4) is 0 Å². The first-order chi connectivity index (χ1) is 8.09. The zero-order chi connectivity index (χ0) is 12.7. The van der Waals surface area contributed by atoms with Gasteiger partial charge >= 0.3 is 0 Å². The van der Waals surface area contributed by atoms with Gasteiger partial charge in [-0.05, 0) is 17.7 Å². The molecule has 0 radical (unpaired) electrons. The van der Waals surface area contributed by atoms with Crippen LogP contribution in [0.2, 0.25) is 0 Å². The monoisotopic (exact) mass is 235 g/mol. The lowest BCUT2D eigenvalue weighted by molar-refractivity contribution is -0.130. The van der Waals surface area contributed by atoms with Gasteiger partial charge in [-0.3, -0.25) is 9.78 Å². The van der Waals surface area contributed by atoms with Crippen LogP contribution in [0, 0.1) is 0 Å². The minimum absolute atomic E-state index is 0.162. The number of rotatable bonds is 6. The van der Waals surface area contributed by atoms with Crippen molar-refractivity contribution in [2.24, 2.45) is 0 Å². The standard InChI is InChI=1S/C13H21N3O/c1-11(2)15-9-6-13(17)16(3)10-12-4-7-14-8-5-12/h4-5,7-8,11,15H,6,9-10H2,1-3H3. The maximum atomic E-state index is 11.8. The number of nitrogens with one attached hydrogen (secondary N) is 1. The molecule has 0 aliphatic carbocycles. The average molecular weight is 235 g/mol. The molecule has 0 aliphatic rings. The molecule has 0 unspecified atom stereocenters. The molecule has 0 fully saturated rings. The van der Waals surface area contributed by atoms with E-state index in [4.69, 9.17) is 0 Å². The van der Waals surface area contributed by atoms with E-state index in [0.717, 1.165) is 12.1 Å². The first kappa shape index (κ1) is 13.6. The van der Waals surface area contributed by atoms with Crippen molar-refractivity contribution in [1.82, 2.24) is 15.2 Å². The van der Waals surface area contributed by atoms with Crippen molar-refractivity contribution in [3.05, 3.63) is 30.1 Å². The summed E-state index contributed by atoms with van der Waals surface area (Å²) >= 11 is 0. The zero-order valence-corrected chi connectivity index (χ0v) is 10.8. The summed E-state index contributed by atoms with van der Waals surface area (Å²) in [5.41, 5.74) is 1.10. The van der Waals surface area contributed by atoms with Crippen LogP contribution in [-0.2, 0) is 11.3 Å². The van der Waals surface area contributed by atoms with Crippen molar-refractivity contribution < 1.29 is 4.79 Å². The number of pyridine rings is 1. The second-order valence-electron chi connectivity index (χ2n) is 4.46. The summed E-state index contributed by atoms with van der Waals surface area (Å²) in [6.07, 6.45) is 4.03. The number of hydrogen-bond acceptors (Lipinski definition) is 3. The molecule has 0 saturated heterocycles. The fourth-order valence-electron chi connectivity index (χ4n) is 1.51. The van der Waals surface area contributed by atoms with Gasteiger partial charge < -0.3 is 10.2 Å². The lowest BCUT2D eigenvalue weighted by Crippen LogP contribution is -2.31. The van der Waals surface area contributed by atoms with E-state index in [1.54, 1.807) is 17.3 Å². The highest BCUT2D eigenvalue weighted by atomic mass is 16.2. The van der Waals surface area contributed by atoms with E-state index in [9.17, 15) is 4.79 Å². The third-order valence-electron chi connectivity index (χ3n) is 2.49. The van der Waals surface area contributed by atoms with E-state index in [-0.39, 0.29) is 5.91 Å². The van der Waals surface area contributed by atoms with Gasteiger partial charge in [-0.15, -0.1) is 0 Å². The van der Waals surface area contributed by atoms with Crippen LogP contribution in [0.3, 0.4) is 0 Å². The van der Waals surface area contributed by atoms with Gasteiger partial charge in [-0.25, -0.2) is 0 Å². The topological polar surface area (TPSA) is 45.2 Å². The summed E-state index contributed by atoms with van der Waals surface area (Å²) in [7, 11) is 1.83. The Kier molecular flexibility index (Phi) is 5.63. The van der Waals surface area contributed by atoms with Crippen molar-refractivity contribution in [3.63, 3.8) is 0 Å². The minimum Gasteiger partial charge on any atom is -0.341 e. The molecule has 4 heteroatoms. The molecule has 1 amide bonds. The lowest BCUT2D eigenvalue weighted by atomic mass is 10.2. The van der Waals surface area contributed by atoms with Crippen molar-refractivity contribution in [2.75, 3.05) is 13.6 Å². The number of nitrogens with zero attached hydrogens (tertiary/aromatic N) is 2. The summed E-state index contributed by atoms with van der Waals surface area (Å²) in [6, 6.07) is 4.28. The predicted molar refractivity (Wildman–Crippen MR) is 68.5 cm³/mol. The number of amides is 1. The van der Waals surface area contributed by atoms with Crippen LogP contribution in [0.25, 0.3) is 0 Å². The molecule has 0 aromatic carbocycles. The van der Waals surface area contributed by atoms with Crippen LogP contribution >= 0.6 is 0 Å². The fourth-order valence-corrected chi connectivity index (χ4v) is 1.51. The molecule has 0 aliphatic heterocycles. The molecule has 1 N–H and O–H groups in total. The average Bonchev–Trinajstić information content (AvgIpc) is 2.29. The largest absolute Gasteiger partial charge is 0.341 e. The molecule has 1 rings (SSSR count). The van der Waals surface area contributed by atoms with Crippen LogP contribution in [0.4, 0.5) is 0 Å². The van der Waals surface area contributed by atoms with Gasteiger partial charge in [0.2, 0.25) is 5.91 Å². The molecule has 17 heavy (non-hydrogen) atoms. The van der Waals surface area contributed by atoms with Crippen molar-refractivity contribution in [1.29, 1.82) is 0 Å². The Morgan fingerprint density at radius 1 is 1.41 bits per heavy atom. The molecule has 0 bridgehead atoms. The molecule has 94 valence electrons. The summed E-state index contributed by atoms with van der Waals surface area (Å²) in [4.78, 5) is 17.5. The van der Waals surface area contributed by atoms with Crippen molar-refractivity contribution >= 4 is 5.91 Å². The molecule has 0 atom stereocenters. The molecule has 4 nitrogen and oxygen atoms in total. The van der Waals surface area contributed by atoms with Gasteiger partial charge in [-0.2, -0.15) is 0 Å². The molecule has 0 saturated carbocycles. The van der Waals surface area contributed by atoms with E-state index >= 15 is 0 Å². The van der Waals surface area contributed by atoms with Gasteiger partial charge in [0, 0.05) is 45.0 Å². The van der Waals surface area contributed by atoms with E-state index in [0.29, 0.717) is 19.0 Å². The molecule has 1 heterocycles. The van der Waals surface area contributed by atoms with Gasteiger partial charge in [-0.1, -0.05) is 13.8 Å². The van der Waals surface area contributed by atoms with Crippen LogP contribution in [0.1, 0.15) is 25.8 Å². The van der Waals surface area contributed by atoms with Crippen molar-refractivity contribution in [2.45, 2.75) is 32.9 Å². The Morgan fingerprint density at radius 2 is 2.06 bits per heavy atom. The smallest absolute Gasteiger partial charge is 0.223 e. The molecular weight excluding hydrogens is 214 g/mol. The SMILES string of the molecule is CC(C)NCCC(=O)N(C)Cc1ccncc1. The number of carbonyl (C=O) groups excluding carboxylic acids is 1. The Balaban J connectivity index is 2.32. The second-order valence-corrected chi connectivity index (χ2v) is 4.46. The third-order valence-corrected chi connectivity index (χ3v) is 2.49. The molecule has 1 aromatic rings. The van der Waals surface area contributed by atoms with Gasteiger partial charge in [0.15, 0.2) is 0 Å². The summed E-state index contributed by atoms with van der Waals surface area (Å²) in [5, 5.41) is 3.24. The van der Waals surface area contributed by atoms with Crippen LogP contribution in [0.15, 0.2) is 24.5 Å². The van der Waals surface area contributed by atoms with Crippen LogP contribution in [0.5, 0.6) is 0 Å². The van der Waals surface area contributed by atoms with Gasteiger partial charge in [0.1, 0.15) is 0 Å². The normalized spacial score (nSPS) is 10.6. The van der Waals surface area contributed by atoms with E-state index < -0.39 is 0 Å². The Morgan fingerprint density at radius 3 is 2.65 bits per heavy atom. The Labute approximate surface area is 103 Å². The van der Waals surface area contributed by atoms with E-state index in [1.807, 2.05) is 19.2 Å². The van der Waals surface area contributed by atoms with E-state index in [2.05, 4.69) is 24.1 Å². The molecular formula is C13H21N3O. The summed E-state index contributed by atoms with van der Waals surface area (Å²) in [6.45, 7) is 5.52. The minimum atomic E-state index is 0.162. The number of carbonyl (C=O) groups is 1. The molecule has 1 aromatic heterocycles. The Hall–Kier alpha value is -1.42. The quantitative estimate of drug-likeness (QED) is 0.811. The second kappa shape index (κ2) is 7.01. The van der Waals surface area contributed by atoms with Gasteiger partial charge in [0.25, 0.3) is 0 Å². The zero-order valence-electron chi connectivity index (χ0n) is 10.8. The summed E-state index contributed by atoms with van der Waals surface area (Å²) < 4.78 is 0.